The average molecular weight is 307 g/mol. The van der Waals surface area contributed by atoms with Crippen LogP contribution in [0.5, 0.6) is 0 Å². The van der Waals surface area contributed by atoms with E-state index >= 15 is 0 Å². The molecule has 0 spiro atoms. The molecule has 0 aromatic heterocycles. The first kappa shape index (κ1) is 17.0. The third kappa shape index (κ3) is 4.48. The highest BCUT2D eigenvalue weighted by atomic mass is 32.2. The second-order valence-electron chi connectivity index (χ2n) is 4.56. The van der Waals surface area contributed by atoms with Crippen LogP contribution in [0.1, 0.15) is 18.9 Å². The summed E-state index contributed by atoms with van der Waals surface area (Å²) < 4.78 is 51.0. The van der Waals surface area contributed by atoms with Crippen LogP contribution in [0.3, 0.4) is 0 Å². The fourth-order valence-corrected chi connectivity index (χ4v) is 2.83. The predicted octanol–water partition coefficient (Wildman–Crippen LogP) is 1.22. The summed E-state index contributed by atoms with van der Waals surface area (Å²) in [6.45, 7) is 2.95. The number of hydrogen-bond acceptors (Lipinski definition) is 4. The molecular formula is C12H19F2N3O2S. The van der Waals surface area contributed by atoms with Crippen molar-refractivity contribution in [3.63, 3.8) is 0 Å². The number of halogens is 2. The number of nitrogens with one attached hydrogen (secondary N) is 2. The van der Waals surface area contributed by atoms with Gasteiger partial charge in [0.2, 0.25) is 0 Å². The maximum atomic E-state index is 13.7. The van der Waals surface area contributed by atoms with Gasteiger partial charge in [0, 0.05) is 20.6 Å². The van der Waals surface area contributed by atoms with Gasteiger partial charge < -0.3 is 5.32 Å². The van der Waals surface area contributed by atoms with Crippen LogP contribution in [0, 0.1) is 11.6 Å². The lowest BCUT2D eigenvalue weighted by molar-refractivity contribution is 0.362. The zero-order valence-corrected chi connectivity index (χ0v) is 12.5. The Morgan fingerprint density at radius 1 is 1.25 bits per heavy atom. The molecule has 0 bridgehead atoms. The molecule has 1 rings (SSSR count). The molecule has 0 unspecified atom stereocenters. The summed E-state index contributed by atoms with van der Waals surface area (Å²) >= 11 is 0. The van der Waals surface area contributed by atoms with Crippen LogP contribution in [0.2, 0.25) is 0 Å². The Balaban J connectivity index is 3.12. The molecule has 0 radical (unpaired) electrons. The van der Waals surface area contributed by atoms with Gasteiger partial charge >= 0.3 is 0 Å². The lowest BCUT2D eigenvalue weighted by atomic mass is 10.2. The molecular weight excluding hydrogens is 288 g/mol. The van der Waals surface area contributed by atoms with Crippen LogP contribution in [0.4, 0.5) is 8.78 Å². The van der Waals surface area contributed by atoms with E-state index in [1.54, 1.807) is 0 Å². The summed E-state index contributed by atoms with van der Waals surface area (Å²) in [7, 11) is -1.25. The van der Waals surface area contributed by atoms with Crippen molar-refractivity contribution >= 4 is 10.0 Å². The van der Waals surface area contributed by atoms with Crippen LogP contribution in [0.15, 0.2) is 17.0 Å². The smallest absolute Gasteiger partial charge is 0.256 e. The van der Waals surface area contributed by atoms with Gasteiger partial charge in [-0.05, 0) is 30.7 Å². The van der Waals surface area contributed by atoms with Gasteiger partial charge in [-0.15, -0.1) is 4.83 Å². The highest BCUT2D eigenvalue weighted by Gasteiger charge is 2.23. The first-order valence-corrected chi connectivity index (χ1v) is 7.64. The van der Waals surface area contributed by atoms with Gasteiger partial charge in [-0.3, -0.25) is 0 Å². The van der Waals surface area contributed by atoms with E-state index in [-0.39, 0.29) is 6.54 Å². The number of hydrogen-bond donors (Lipinski definition) is 2. The molecule has 0 saturated heterocycles. The Bertz CT molecular complexity index is 562. The molecule has 0 atom stereocenters. The van der Waals surface area contributed by atoms with E-state index in [4.69, 9.17) is 0 Å². The van der Waals surface area contributed by atoms with Gasteiger partial charge in [-0.2, -0.15) is 0 Å². The number of nitrogens with zero attached hydrogens (tertiary/aromatic N) is 1. The molecule has 2 N–H and O–H groups in total. The van der Waals surface area contributed by atoms with Crippen LogP contribution >= 0.6 is 0 Å². The Labute approximate surface area is 118 Å². The molecule has 5 nitrogen and oxygen atoms in total. The van der Waals surface area contributed by atoms with Gasteiger partial charge in [-0.25, -0.2) is 22.2 Å². The number of hydrazine groups is 1. The van der Waals surface area contributed by atoms with Crippen LogP contribution < -0.4 is 10.1 Å². The van der Waals surface area contributed by atoms with Gasteiger partial charge in [0.1, 0.15) is 4.90 Å². The van der Waals surface area contributed by atoms with E-state index in [9.17, 15) is 17.2 Å². The van der Waals surface area contributed by atoms with E-state index in [1.165, 1.54) is 14.1 Å². The van der Waals surface area contributed by atoms with Crippen molar-refractivity contribution in [1.82, 2.24) is 15.2 Å². The molecule has 0 saturated carbocycles. The largest absolute Gasteiger partial charge is 0.313 e. The zero-order valence-electron chi connectivity index (χ0n) is 11.7. The maximum Gasteiger partial charge on any atom is 0.256 e. The minimum Gasteiger partial charge on any atom is -0.313 e. The summed E-state index contributed by atoms with van der Waals surface area (Å²) in [6, 6.07) is 2.12. The lowest BCUT2D eigenvalue weighted by Crippen LogP contribution is -2.36. The van der Waals surface area contributed by atoms with Crippen molar-refractivity contribution in [3.8, 4) is 0 Å². The quantitative estimate of drug-likeness (QED) is 0.587. The Hall–Kier alpha value is -1.09. The molecule has 0 amide bonds. The third-order valence-corrected chi connectivity index (χ3v) is 3.88. The summed E-state index contributed by atoms with van der Waals surface area (Å²) in [5.74, 6) is -2.56. The molecule has 1 aromatic rings. The highest BCUT2D eigenvalue weighted by Crippen LogP contribution is 2.20. The Morgan fingerprint density at radius 2 is 1.90 bits per heavy atom. The molecule has 20 heavy (non-hydrogen) atoms. The first-order valence-electron chi connectivity index (χ1n) is 6.16. The van der Waals surface area contributed by atoms with E-state index in [0.717, 1.165) is 23.6 Å². The van der Waals surface area contributed by atoms with E-state index in [2.05, 4.69) is 10.1 Å². The molecule has 0 aliphatic heterocycles. The topological polar surface area (TPSA) is 61.4 Å². The van der Waals surface area contributed by atoms with Gasteiger partial charge in [0.15, 0.2) is 11.6 Å². The van der Waals surface area contributed by atoms with Gasteiger partial charge in [0.05, 0.1) is 0 Å². The van der Waals surface area contributed by atoms with Crippen LogP contribution in [0.25, 0.3) is 0 Å². The van der Waals surface area contributed by atoms with Crippen molar-refractivity contribution in [3.05, 3.63) is 29.3 Å². The fraction of sp³-hybridized carbons (Fsp3) is 0.500. The monoisotopic (exact) mass is 307 g/mol. The molecule has 0 fully saturated rings. The fourth-order valence-electron chi connectivity index (χ4n) is 1.61. The summed E-state index contributed by atoms with van der Waals surface area (Å²) in [6.07, 6.45) is 0.886. The van der Waals surface area contributed by atoms with E-state index < -0.39 is 26.6 Å². The molecule has 0 heterocycles. The lowest BCUT2D eigenvalue weighted by Gasteiger charge is -2.14. The molecule has 0 aliphatic carbocycles. The highest BCUT2D eigenvalue weighted by molar-refractivity contribution is 7.89. The van der Waals surface area contributed by atoms with Gasteiger partial charge in [-0.1, -0.05) is 6.92 Å². The summed E-state index contributed by atoms with van der Waals surface area (Å²) in [5, 5.41) is 4.15. The van der Waals surface area contributed by atoms with E-state index in [0.29, 0.717) is 12.1 Å². The van der Waals surface area contributed by atoms with Crippen molar-refractivity contribution in [1.29, 1.82) is 0 Å². The predicted molar refractivity (Wildman–Crippen MR) is 72.4 cm³/mol. The second kappa shape index (κ2) is 7.07. The summed E-state index contributed by atoms with van der Waals surface area (Å²) in [5.41, 5.74) is 0.372. The first-order chi connectivity index (χ1) is 9.27. The van der Waals surface area contributed by atoms with Crippen LogP contribution in [-0.2, 0) is 16.6 Å². The molecule has 1 aromatic carbocycles. The molecule has 0 aliphatic rings. The van der Waals surface area contributed by atoms with Crippen molar-refractivity contribution < 1.29 is 17.2 Å². The number of rotatable bonds is 7. The van der Waals surface area contributed by atoms with Crippen molar-refractivity contribution in [2.24, 2.45) is 0 Å². The minimum atomic E-state index is -4.13. The third-order valence-electron chi connectivity index (χ3n) is 2.40. The van der Waals surface area contributed by atoms with Gasteiger partial charge in [0.25, 0.3) is 10.0 Å². The van der Waals surface area contributed by atoms with Crippen molar-refractivity contribution in [2.75, 3.05) is 20.6 Å². The molecule has 114 valence electrons. The minimum absolute atomic E-state index is 0.273. The van der Waals surface area contributed by atoms with Crippen LogP contribution in [-0.4, -0.2) is 34.1 Å². The average Bonchev–Trinajstić information content (AvgIpc) is 2.31. The van der Waals surface area contributed by atoms with E-state index in [1.807, 2.05) is 6.92 Å². The number of benzene rings is 1. The Kier molecular flexibility index (Phi) is 6.00. The van der Waals surface area contributed by atoms with Crippen molar-refractivity contribution in [2.45, 2.75) is 24.8 Å². The maximum absolute atomic E-state index is 13.7. The zero-order chi connectivity index (χ0) is 15.3. The number of sulfonamides is 1. The summed E-state index contributed by atoms with van der Waals surface area (Å²) in [4.78, 5) is 1.38. The normalized spacial score (nSPS) is 12.1. The Morgan fingerprint density at radius 3 is 2.45 bits per heavy atom. The molecule has 8 heteroatoms. The standard InChI is InChI=1S/C12H19F2N3O2S/c1-4-5-15-8-9-6-10(13)12(14)11(7-9)20(18,19)16-17(2)3/h6-7,15-16H,4-5,8H2,1-3H3. The second-order valence-corrected chi connectivity index (χ2v) is 6.18. The SMILES string of the molecule is CCCNCc1cc(F)c(F)c(S(=O)(=O)NN(C)C)c1.